The molecule has 8 heteroatoms. The van der Waals surface area contributed by atoms with Gasteiger partial charge in [0.2, 0.25) is 5.82 Å². The second-order valence-corrected chi connectivity index (χ2v) is 5.79. The van der Waals surface area contributed by atoms with E-state index >= 15 is 0 Å². The molecular formula is C16H22N6O2. The number of H-pyrrole nitrogens is 1. The van der Waals surface area contributed by atoms with Crippen molar-refractivity contribution in [2.75, 3.05) is 38.2 Å². The highest BCUT2D eigenvalue weighted by Gasteiger charge is 2.22. The Bertz CT molecular complexity index is 695. The van der Waals surface area contributed by atoms with Crippen molar-refractivity contribution in [1.82, 2.24) is 25.1 Å². The van der Waals surface area contributed by atoms with Crippen LogP contribution in [0.2, 0.25) is 0 Å². The molecule has 0 saturated carbocycles. The number of aromatic nitrogens is 4. The molecule has 0 spiro atoms. The van der Waals surface area contributed by atoms with E-state index in [1.165, 1.54) is 0 Å². The van der Waals surface area contributed by atoms with Crippen LogP contribution in [0.4, 0.5) is 5.82 Å². The van der Waals surface area contributed by atoms with Gasteiger partial charge in [-0.05, 0) is 25.8 Å². The lowest BCUT2D eigenvalue weighted by atomic mass is 10.2. The van der Waals surface area contributed by atoms with E-state index in [0.29, 0.717) is 38.7 Å². The Labute approximate surface area is 140 Å². The van der Waals surface area contributed by atoms with Crippen molar-refractivity contribution in [3.05, 3.63) is 35.0 Å². The van der Waals surface area contributed by atoms with Crippen LogP contribution in [0, 0.1) is 13.8 Å². The van der Waals surface area contributed by atoms with E-state index in [1.54, 1.807) is 11.1 Å². The average molecular weight is 330 g/mol. The number of amides is 1. The SMILES string of the molecule is Cc1nc(C(=O)N2CCOCC2)nc(NCCc2cn[nH]c2)c1C. The van der Waals surface area contributed by atoms with Crippen molar-refractivity contribution in [3.8, 4) is 0 Å². The maximum absolute atomic E-state index is 12.6. The molecule has 1 saturated heterocycles. The molecule has 0 radical (unpaired) electrons. The summed E-state index contributed by atoms with van der Waals surface area (Å²) in [4.78, 5) is 23.1. The van der Waals surface area contributed by atoms with Crippen molar-refractivity contribution in [2.24, 2.45) is 0 Å². The van der Waals surface area contributed by atoms with E-state index in [-0.39, 0.29) is 11.7 Å². The molecule has 1 aliphatic heterocycles. The quantitative estimate of drug-likeness (QED) is 0.847. The molecular weight excluding hydrogens is 308 g/mol. The summed E-state index contributed by atoms with van der Waals surface area (Å²) in [5, 5.41) is 10.0. The summed E-state index contributed by atoms with van der Waals surface area (Å²) >= 11 is 0. The number of hydrogen-bond acceptors (Lipinski definition) is 6. The Morgan fingerprint density at radius 1 is 1.33 bits per heavy atom. The number of anilines is 1. The lowest BCUT2D eigenvalue weighted by molar-refractivity contribution is 0.0294. The Balaban J connectivity index is 1.71. The van der Waals surface area contributed by atoms with E-state index in [2.05, 4.69) is 25.5 Å². The molecule has 2 N–H and O–H groups in total. The van der Waals surface area contributed by atoms with Crippen molar-refractivity contribution in [2.45, 2.75) is 20.3 Å². The molecule has 1 fully saturated rings. The highest BCUT2D eigenvalue weighted by molar-refractivity contribution is 5.91. The standard InChI is InChI=1S/C16H22N6O2/c1-11-12(2)20-15(16(23)22-5-7-24-8-6-22)21-14(11)17-4-3-13-9-18-19-10-13/h9-10H,3-8H2,1-2H3,(H,18,19)(H,17,20,21). The zero-order valence-corrected chi connectivity index (χ0v) is 14.0. The van der Waals surface area contributed by atoms with Crippen LogP contribution < -0.4 is 5.32 Å². The third kappa shape index (κ3) is 3.70. The number of morpholine rings is 1. The topological polar surface area (TPSA) is 96.0 Å². The third-order valence-electron chi connectivity index (χ3n) is 4.14. The summed E-state index contributed by atoms with van der Waals surface area (Å²) in [5.41, 5.74) is 2.89. The zero-order valence-electron chi connectivity index (χ0n) is 14.0. The highest BCUT2D eigenvalue weighted by Crippen LogP contribution is 2.16. The van der Waals surface area contributed by atoms with Gasteiger partial charge in [0.1, 0.15) is 5.82 Å². The van der Waals surface area contributed by atoms with Gasteiger partial charge in [-0.2, -0.15) is 5.10 Å². The molecule has 128 valence electrons. The Hall–Kier alpha value is -2.48. The Morgan fingerprint density at radius 3 is 2.83 bits per heavy atom. The van der Waals surface area contributed by atoms with Crippen LogP contribution in [-0.2, 0) is 11.2 Å². The summed E-state index contributed by atoms with van der Waals surface area (Å²) in [7, 11) is 0. The molecule has 24 heavy (non-hydrogen) atoms. The average Bonchev–Trinajstić information content (AvgIpc) is 3.12. The minimum atomic E-state index is -0.140. The number of carbonyl (C=O) groups is 1. The number of nitrogens with one attached hydrogen (secondary N) is 2. The van der Waals surface area contributed by atoms with Gasteiger partial charge in [0.15, 0.2) is 0 Å². The van der Waals surface area contributed by atoms with Crippen molar-refractivity contribution < 1.29 is 9.53 Å². The lowest BCUT2D eigenvalue weighted by Gasteiger charge is -2.26. The maximum atomic E-state index is 12.6. The molecule has 2 aromatic heterocycles. The lowest BCUT2D eigenvalue weighted by Crippen LogP contribution is -2.41. The van der Waals surface area contributed by atoms with Gasteiger partial charge < -0.3 is 15.0 Å². The summed E-state index contributed by atoms with van der Waals surface area (Å²) in [5.74, 6) is 0.813. The molecule has 3 heterocycles. The van der Waals surface area contributed by atoms with Gasteiger partial charge >= 0.3 is 0 Å². The number of ether oxygens (including phenoxy) is 1. The minimum absolute atomic E-state index is 0.140. The monoisotopic (exact) mass is 330 g/mol. The summed E-state index contributed by atoms with van der Waals surface area (Å²) in [6, 6.07) is 0. The van der Waals surface area contributed by atoms with Crippen LogP contribution in [0.3, 0.4) is 0 Å². The van der Waals surface area contributed by atoms with E-state index in [1.807, 2.05) is 20.0 Å². The molecule has 3 rings (SSSR count). The second-order valence-electron chi connectivity index (χ2n) is 5.79. The minimum Gasteiger partial charge on any atom is -0.378 e. The number of nitrogens with zero attached hydrogens (tertiary/aromatic N) is 4. The van der Waals surface area contributed by atoms with E-state index in [9.17, 15) is 4.79 Å². The van der Waals surface area contributed by atoms with Crippen molar-refractivity contribution in [1.29, 1.82) is 0 Å². The Morgan fingerprint density at radius 2 is 2.12 bits per heavy atom. The van der Waals surface area contributed by atoms with Gasteiger partial charge in [0, 0.05) is 37.1 Å². The van der Waals surface area contributed by atoms with Crippen LogP contribution in [0.15, 0.2) is 12.4 Å². The van der Waals surface area contributed by atoms with Crippen molar-refractivity contribution in [3.63, 3.8) is 0 Å². The van der Waals surface area contributed by atoms with Crippen LogP contribution >= 0.6 is 0 Å². The maximum Gasteiger partial charge on any atom is 0.291 e. The fourth-order valence-corrected chi connectivity index (χ4v) is 2.54. The summed E-state index contributed by atoms with van der Waals surface area (Å²) in [6.07, 6.45) is 4.49. The summed E-state index contributed by atoms with van der Waals surface area (Å²) in [6.45, 7) is 6.85. The number of carbonyl (C=O) groups excluding carboxylic acids is 1. The molecule has 0 aliphatic carbocycles. The van der Waals surface area contributed by atoms with Crippen LogP contribution in [0.5, 0.6) is 0 Å². The zero-order chi connectivity index (χ0) is 16.9. The van der Waals surface area contributed by atoms with Crippen LogP contribution in [0.1, 0.15) is 27.4 Å². The number of aryl methyl sites for hydroxylation is 1. The molecule has 8 nitrogen and oxygen atoms in total. The molecule has 2 aromatic rings. The summed E-state index contributed by atoms with van der Waals surface area (Å²) < 4.78 is 5.29. The van der Waals surface area contributed by atoms with E-state index in [0.717, 1.165) is 23.2 Å². The van der Waals surface area contributed by atoms with Gasteiger partial charge in [-0.15, -0.1) is 0 Å². The number of aromatic amines is 1. The van der Waals surface area contributed by atoms with E-state index in [4.69, 9.17) is 4.74 Å². The first-order chi connectivity index (χ1) is 11.6. The van der Waals surface area contributed by atoms with Crippen molar-refractivity contribution >= 4 is 11.7 Å². The molecule has 0 bridgehead atoms. The molecule has 1 amide bonds. The Kier molecular flexibility index (Phi) is 5.05. The molecule has 1 aliphatic rings. The van der Waals surface area contributed by atoms with Gasteiger partial charge in [-0.3, -0.25) is 9.89 Å². The van der Waals surface area contributed by atoms with Gasteiger partial charge in [-0.1, -0.05) is 0 Å². The number of hydrogen-bond donors (Lipinski definition) is 2. The van der Waals surface area contributed by atoms with Gasteiger partial charge in [0.05, 0.1) is 19.4 Å². The highest BCUT2D eigenvalue weighted by atomic mass is 16.5. The fraction of sp³-hybridized carbons (Fsp3) is 0.500. The first-order valence-corrected chi connectivity index (χ1v) is 8.09. The smallest absolute Gasteiger partial charge is 0.291 e. The normalized spacial score (nSPS) is 14.7. The first kappa shape index (κ1) is 16.4. The molecule has 0 atom stereocenters. The molecule has 0 unspecified atom stereocenters. The van der Waals surface area contributed by atoms with Crippen LogP contribution in [0.25, 0.3) is 0 Å². The molecule has 0 aromatic carbocycles. The van der Waals surface area contributed by atoms with Gasteiger partial charge in [0.25, 0.3) is 5.91 Å². The number of rotatable bonds is 5. The second kappa shape index (κ2) is 7.39. The predicted octanol–water partition coefficient (Wildman–Crippen LogP) is 0.944. The predicted molar refractivity (Wildman–Crippen MR) is 89.0 cm³/mol. The van der Waals surface area contributed by atoms with Crippen LogP contribution in [-0.4, -0.2) is 63.8 Å². The third-order valence-corrected chi connectivity index (χ3v) is 4.14. The first-order valence-electron chi connectivity index (χ1n) is 8.09. The van der Waals surface area contributed by atoms with Gasteiger partial charge in [-0.25, -0.2) is 9.97 Å². The fourth-order valence-electron chi connectivity index (χ4n) is 2.54. The largest absolute Gasteiger partial charge is 0.378 e. The van der Waals surface area contributed by atoms with E-state index < -0.39 is 0 Å².